The molecule has 0 aliphatic heterocycles. The summed E-state index contributed by atoms with van der Waals surface area (Å²) in [6.07, 6.45) is 6.70. The average molecular weight is 229 g/mol. The fraction of sp³-hybridized carbons (Fsp3) is 1.00. The molecule has 0 atom stereocenters. The van der Waals surface area contributed by atoms with Gasteiger partial charge in [-0.1, -0.05) is 53.4 Å². The van der Waals surface area contributed by atoms with Gasteiger partial charge in [0.05, 0.1) is 0 Å². The quantitative estimate of drug-likeness (QED) is 0.564. The Kier molecular flexibility index (Phi) is 8.96. The third-order valence-corrected chi connectivity index (χ3v) is 2.92. The minimum absolute atomic E-state index is 0.0254. The number of hydrogen-bond acceptors (Lipinski definition) is 2. The summed E-state index contributed by atoms with van der Waals surface area (Å²) in [5.74, 6) is 0.850. The highest BCUT2D eigenvalue weighted by Crippen LogP contribution is 2.11. The summed E-state index contributed by atoms with van der Waals surface area (Å²) in [7, 11) is 0. The van der Waals surface area contributed by atoms with Crippen LogP contribution in [0.1, 0.15) is 59.8 Å². The van der Waals surface area contributed by atoms with E-state index >= 15 is 0 Å². The van der Waals surface area contributed by atoms with E-state index in [2.05, 4.69) is 33.0 Å². The van der Waals surface area contributed by atoms with Crippen LogP contribution in [0.4, 0.5) is 0 Å². The molecule has 0 bridgehead atoms. The Morgan fingerprint density at radius 2 is 1.69 bits per heavy atom. The highest BCUT2D eigenvalue weighted by Gasteiger charge is 2.14. The largest absolute Gasteiger partial charge is 0.396 e. The van der Waals surface area contributed by atoms with Crippen LogP contribution in [0.3, 0.4) is 0 Å². The van der Waals surface area contributed by atoms with Crippen LogP contribution in [-0.2, 0) is 0 Å². The second kappa shape index (κ2) is 9.00. The van der Waals surface area contributed by atoms with Gasteiger partial charge in [0.15, 0.2) is 0 Å². The molecular weight excluding hydrogens is 198 g/mol. The van der Waals surface area contributed by atoms with Crippen molar-refractivity contribution in [2.75, 3.05) is 19.7 Å². The minimum atomic E-state index is 0.0254. The second-order valence-electron chi connectivity index (χ2n) is 6.10. The van der Waals surface area contributed by atoms with Gasteiger partial charge in [0.2, 0.25) is 0 Å². The first-order valence-electron chi connectivity index (χ1n) is 6.79. The lowest BCUT2D eigenvalue weighted by Gasteiger charge is -2.21. The molecule has 0 rings (SSSR count). The van der Waals surface area contributed by atoms with Crippen molar-refractivity contribution in [2.45, 2.75) is 59.8 Å². The molecule has 0 aromatic rings. The molecule has 0 heterocycles. The molecule has 0 saturated carbocycles. The van der Waals surface area contributed by atoms with E-state index in [1.165, 1.54) is 32.1 Å². The number of aliphatic hydroxyl groups is 1. The van der Waals surface area contributed by atoms with Crippen molar-refractivity contribution < 1.29 is 5.11 Å². The molecule has 0 saturated heterocycles. The van der Waals surface area contributed by atoms with E-state index in [0.29, 0.717) is 0 Å². The fourth-order valence-corrected chi connectivity index (χ4v) is 1.64. The van der Waals surface area contributed by atoms with Gasteiger partial charge >= 0.3 is 0 Å². The van der Waals surface area contributed by atoms with Crippen molar-refractivity contribution in [3.05, 3.63) is 0 Å². The van der Waals surface area contributed by atoms with Gasteiger partial charge in [-0.3, -0.25) is 0 Å². The number of hydrogen-bond donors (Lipinski definition) is 2. The van der Waals surface area contributed by atoms with Crippen LogP contribution in [0.2, 0.25) is 0 Å². The van der Waals surface area contributed by atoms with Crippen LogP contribution < -0.4 is 5.32 Å². The molecule has 0 aliphatic rings. The zero-order valence-electron chi connectivity index (χ0n) is 11.7. The monoisotopic (exact) mass is 229 g/mol. The molecule has 0 spiro atoms. The Morgan fingerprint density at radius 3 is 2.25 bits per heavy atom. The SMILES string of the molecule is CC(C)CCCCCCNCC(C)(C)CO. The molecule has 0 aromatic carbocycles. The van der Waals surface area contributed by atoms with Crippen molar-refractivity contribution in [1.82, 2.24) is 5.32 Å². The lowest BCUT2D eigenvalue weighted by atomic mass is 9.95. The number of nitrogens with one attached hydrogen (secondary N) is 1. The maximum atomic E-state index is 9.08. The molecule has 2 heteroatoms. The lowest BCUT2D eigenvalue weighted by Crippen LogP contribution is -2.32. The Morgan fingerprint density at radius 1 is 1.06 bits per heavy atom. The van der Waals surface area contributed by atoms with E-state index in [9.17, 15) is 0 Å². The van der Waals surface area contributed by atoms with E-state index in [1.54, 1.807) is 0 Å². The van der Waals surface area contributed by atoms with E-state index in [4.69, 9.17) is 5.11 Å². The van der Waals surface area contributed by atoms with E-state index < -0.39 is 0 Å². The van der Waals surface area contributed by atoms with Crippen molar-refractivity contribution in [3.8, 4) is 0 Å². The predicted molar refractivity (Wildman–Crippen MR) is 71.7 cm³/mol. The van der Waals surface area contributed by atoms with Crippen LogP contribution in [0, 0.1) is 11.3 Å². The van der Waals surface area contributed by atoms with Crippen molar-refractivity contribution in [2.24, 2.45) is 11.3 Å². The number of rotatable bonds is 10. The molecule has 16 heavy (non-hydrogen) atoms. The molecule has 2 nitrogen and oxygen atoms in total. The smallest absolute Gasteiger partial charge is 0.0494 e. The third kappa shape index (κ3) is 10.4. The van der Waals surface area contributed by atoms with Gasteiger partial charge in [0.1, 0.15) is 0 Å². The highest BCUT2D eigenvalue weighted by molar-refractivity contribution is 4.69. The van der Waals surface area contributed by atoms with Crippen LogP contribution >= 0.6 is 0 Å². The summed E-state index contributed by atoms with van der Waals surface area (Å²) in [6, 6.07) is 0. The van der Waals surface area contributed by atoms with Gasteiger partial charge in [-0.25, -0.2) is 0 Å². The molecule has 0 aliphatic carbocycles. The van der Waals surface area contributed by atoms with E-state index in [0.717, 1.165) is 19.0 Å². The summed E-state index contributed by atoms with van der Waals surface area (Å²) in [4.78, 5) is 0. The first kappa shape index (κ1) is 15.9. The highest BCUT2D eigenvalue weighted by atomic mass is 16.3. The predicted octanol–water partition coefficient (Wildman–Crippen LogP) is 3.20. The molecule has 2 N–H and O–H groups in total. The normalized spacial score (nSPS) is 12.4. The van der Waals surface area contributed by atoms with Crippen molar-refractivity contribution in [1.29, 1.82) is 0 Å². The molecule has 0 amide bonds. The number of unbranched alkanes of at least 4 members (excludes halogenated alkanes) is 3. The van der Waals surface area contributed by atoms with Gasteiger partial charge < -0.3 is 10.4 Å². The molecular formula is C14H31NO. The van der Waals surface area contributed by atoms with E-state index in [1.807, 2.05) is 0 Å². The van der Waals surface area contributed by atoms with Crippen molar-refractivity contribution >= 4 is 0 Å². The molecule has 0 unspecified atom stereocenters. The second-order valence-corrected chi connectivity index (χ2v) is 6.10. The summed E-state index contributed by atoms with van der Waals surface area (Å²) in [6.45, 7) is 11.0. The molecule has 0 radical (unpaired) electrons. The Balaban J connectivity index is 3.16. The zero-order valence-corrected chi connectivity index (χ0v) is 11.7. The lowest BCUT2D eigenvalue weighted by molar-refractivity contribution is 0.157. The van der Waals surface area contributed by atoms with Crippen LogP contribution in [-0.4, -0.2) is 24.8 Å². The van der Waals surface area contributed by atoms with Crippen LogP contribution in [0.5, 0.6) is 0 Å². The van der Waals surface area contributed by atoms with Gasteiger partial charge in [-0.05, 0) is 18.9 Å². The van der Waals surface area contributed by atoms with Crippen molar-refractivity contribution in [3.63, 3.8) is 0 Å². The van der Waals surface area contributed by atoms with Gasteiger partial charge in [0.25, 0.3) is 0 Å². The summed E-state index contributed by atoms with van der Waals surface area (Å²) >= 11 is 0. The Hall–Kier alpha value is -0.0800. The molecule has 98 valence electrons. The van der Waals surface area contributed by atoms with Gasteiger partial charge in [-0.15, -0.1) is 0 Å². The van der Waals surface area contributed by atoms with Crippen LogP contribution in [0.15, 0.2) is 0 Å². The number of aliphatic hydroxyl groups excluding tert-OH is 1. The summed E-state index contributed by atoms with van der Waals surface area (Å²) in [5, 5.41) is 12.5. The molecule has 0 aromatic heterocycles. The third-order valence-electron chi connectivity index (χ3n) is 2.92. The van der Waals surface area contributed by atoms with Gasteiger partial charge in [0, 0.05) is 18.6 Å². The van der Waals surface area contributed by atoms with E-state index in [-0.39, 0.29) is 12.0 Å². The summed E-state index contributed by atoms with van der Waals surface area (Å²) in [5.41, 5.74) is 0.0254. The average Bonchev–Trinajstić information content (AvgIpc) is 2.21. The maximum Gasteiger partial charge on any atom is 0.0494 e. The van der Waals surface area contributed by atoms with Crippen LogP contribution in [0.25, 0.3) is 0 Å². The maximum absolute atomic E-state index is 9.08. The zero-order chi connectivity index (χ0) is 12.4. The Bertz CT molecular complexity index is 155. The first-order chi connectivity index (χ1) is 7.48. The van der Waals surface area contributed by atoms with Gasteiger partial charge in [-0.2, -0.15) is 0 Å². The molecule has 0 fully saturated rings. The topological polar surface area (TPSA) is 32.3 Å². The first-order valence-corrected chi connectivity index (χ1v) is 6.79. The summed E-state index contributed by atoms with van der Waals surface area (Å²) < 4.78 is 0. The fourth-order valence-electron chi connectivity index (χ4n) is 1.64. The standard InChI is InChI=1S/C14H31NO/c1-13(2)9-7-5-6-8-10-15-11-14(3,4)12-16/h13,15-16H,5-12H2,1-4H3. The minimum Gasteiger partial charge on any atom is -0.396 e. The Labute approximate surface area is 102 Å².